The maximum Gasteiger partial charge on any atom is 0.193 e. The molecule has 2 aliphatic rings. The Morgan fingerprint density at radius 3 is 2.62 bits per heavy atom. The zero-order valence-electron chi connectivity index (χ0n) is 16.2. The molecule has 1 N–H and O–H groups in total. The van der Waals surface area contributed by atoms with E-state index >= 15 is 0 Å². The lowest BCUT2D eigenvalue weighted by Crippen LogP contribution is -2.57. The van der Waals surface area contributed by atoms with E-state index < -0.39 is 0 Å². The first-order valence-electron chi connectivity index (χ1n) is 9.28. The van der Waals surface area contributed by atoms with Crippen molar-refractivity contribution in [3.8, 4) is 0 Å². The minimum absolute atomic E-state index is 0. The van der Waals surface area contributed by atoms with Gasteiger partial charge in [0, 0.05) is 56.2 Å². The molecule has 0 aromatic carbocycles. The van der Waals surface area contributed by atoms with Crippen molar-refractivity contribution in [1.29, 1.82) is 0 Å². The van der Waals surface area contributed by atoms with Crippen LogP contribution >= 0.6 is 47.1 Å². The van der Waals surface area contributed by atoms with E-state index in [2.05, 4.69) is 56.2 Å². The molecule has 3 rings (SSSR count). The van der Waals surface area contributed by atoms with Gasteiger partial charge in [0.2, 0.25) is 0 Å². The number of hydrogen-bond acceptors (Lipinski definition) is 5. The fourth-order valence-corrected chi connectivity index (χ4v) is 5.61. The first-order valence-corrected chi connectivity index (χ1v) is 11.3. The maximum atomic E-state index is 4.58. The Morgan fingerprint density at radius 1 is 1.35 bits per heavy atom. The van der Waals surface area contributed by atoms with Crippen molar-refractivity contribution in [2.24, 2.45) is 4.99 Å². The zero-order chi connectivity index (χ0) is 17.7. The Hall–Kier alpha value is -0.0600. The van der Waals surface area contributed by atoms with Gasteiger partial charge >= 0.3 is 0 Å². The van der Waals surface area contributed by atoms with Crippen molar-refractivity contribution in [2.75, 3.05) is 45.2 Å². The number of rotatable bonds is 5. The summed E-state index contributed by atoms with van der Waals surface area (Å²) in [6.45, 7) is 6.34. The number of guanidine groups is 1. The van der Waals surface area contributed by atoms with Crippen molar-refractivity contribution in [3.63, 3.8) is 0 Å². The first-order chi connectivity index (χ1) is 12.1. The summed E-state index contributed by atoms with van der Waals surface area (Å²) < 4.78 is 0. The number of aryl methyl sites for hydroxylation is 1. The molecule has 1 aliphatic carbocycles. The Bertz CT molecular complexity index is 580. The molecule has 1 saturated heterocycles. The van der Waals surface area contributed by atoms with Crippen molar-refractivity contribution >= 4 is 53.0 Å². The van der Waals surface area contributed by atoms with E-state index in [9.17, 15) is 0 Å². The molecule has 1 aliphatic heterocycles. The van der Waals surface area contributed by atoms with E-state index in [4.69, 9.17) is 0 Å². The van der Waals surface area contributed by atoms with Crippen LogP contribution in [-0.2, 0) is 6.54 Å². The largest absolute Gasteiger partial charge is 0.354 e. The molecule has 1 aromatic heterocycles. The van der Waals surface area contributed by atoms with Crippen LogP contribution < -0.4 is 5.32 Å². The Morgan fingerprint density at radius 2 is 2.04 bits per heavy atom. The topological polar surface area (TPSA) is 43.8 Å². The molecule has 2 heterocycles. The van der Waals surface area contributed by atoms with Crippen molar-refractivity contribution in [3.05, 3.63) is 16.1 Å². The lowest BCUT2D eigenvalue weighted by molar-refractivity contribution is 0.106. The van der Waals surface area contributed by atoms with Crippen LogP contribution in [0.3, 0.4) is 0 Å². The molecule has 2 fully saturated rings. The monoisotopic (exact) mass is 509 g/mol. The Balaban J connectivity index is 0.00000243. The minimum atomic E-state index is 0. The predicted octanol–water partition coefficient (Wildman–Crippen LogP) is 3.44. The molecule has 0 amide bonds. The van der Waals surface area contributed by atoms with Gasteiger partial charge in [0.1, 0.15) is 0 Å². The van der Waals surface area contributed by atoms with E-state index in [1.165, 1.54) is 50.3 Å². The van der Waals surface area contributed by atoms with E-state index in [0.717, 1.165) is 29.8 Å². The van der Waals surface area contributed by atoms with Crippen LogP contribution in [0, 0.1) is 6.92 Å². The number of halogens is 1. The molecule has 0 unspecified atom stereocenters. The number of thioether (sulfide) groups is 1. The van der Waals surface area contributed by atoms with Gasteiger partial charge in [0.25, 0.3) is 0 Å². The summed E-state index contributed by atoms with van der Waals surface area (Å²) in [5, 5.41) is 6.95. The van der Waals surface area contributed by atoms with Crippen LogP contribution in [0.5, 0.6) is 0 Å². The van der Waals surface area contributed by atoms with Crippen LogP contribution in [0.25, 0.3) is 0 Å². The number of aromatic nitrogens is 1. The summed E-state index contributed by atoms with van der Waals surface area (Å²) in [4.78, 5) is 14.0. The third-order valence-corrected chi connectivity index (χ3v) is 7.20. The molecule has 1 saturated carbocycles. The van der Waals surface area contributed by atoms with E-state index in [-0.39, 0.29) is 24.0 Å². The fourth-order valence-electron chi connectivity index (χ4n) is 4.10. The summed E-state index contributed by atoms with van der Waals surface area (Å²) >= 11 is 3.80. The average molecular weight is 510 g/mol. The van der Waals surface area contributed by atoms with Crippen molar-refractivity contribution < 1.29 is 0 Å². The number of aliphatic imine (C=N–C) groups is 1. The van der Waals surface area contributed by atoms with Crippen LogP contribution in [0.1, 0.15) is 36.4 Å². The van der Waals surface area contributed by atoms with Gasteiger partial charge in [-0.15, -0.1) is 35.3 Å². The summed E-state index contributed by atoms with van der Waals surface area (Å²) in [5.74, 6) is 3.53. The smallest absolute Gasteiger partial charge is 0.193 e. The number of hydrogen-bond donors (Lipinski definition) is 1. The highest BCUT2D eigenvalue weighted by Crippen LogP contribution is 2.36. The van der Waals surface area contributed by atoms with Gasteiger partial charge in [-0.2, -0.15) is 11.8 Å². The van der Waals surface area contributed by atoms with Crippen LogP contribution in [0.4, 0.5) is 0 Å². The summed E-state index contributed by atoms with van der Waals surface area (Å²) in [6.07, 6.45) is 5.35. The molecule has 8 heteroatoms. The highest BCUT2D eigenvalue weighted by atomic mass is 127. The number of thiazole rings is 1. The first kappa shape index (κ1) is 22.2. The van der Waals surface area contributed by atoms with Crippen LogP contribution in [0.2, 0.25) is 0 Å². The molecule has 0 bridgehead atoms. The van der Waals surface area contributed by atoms with Crippen molar-refractivity contribution in [1.82, 2.24) is 20.1 Å². The summed E-state index contributed by atoms with van der Waals surface area (Å²) in [6, 6.07) is 0. The summed E-state index contributed by atoms with van der Waals surface area (Å²) in [7, 11) is 3.98. The average Bonchev–Trinajstić information content (AvgIpc) is 3.26. The third-order valence-electron chi connectivity index (χ3n) is 5.43. The second-order valence-corrected chi connectivity index (χ2v) is 9.43. The predicted molar refractivity (Wildman–Crippen MR) is 125 cm³/mol. The van der Waals surface area contributed by atoms with Gasteiger partial charge in [-0.05, 0) is 19.8 Å². The molecule has 0 radical (unpaired) electrons. The molecule has 5 nitrogen and oxygen atoms in total. The van der Waals surface area contributed by atoms with E-state index in [1.54, 1.807) is 11.3 Å². The number of nitrogens with one attached hydrogen (secondary N) is 1. The van der Waals surface area contributed by atoms with Gasteiger partial charge < -0.3 is 10.2 Å². The second kappa shape index (κ2) is 10.5. The molecule has 26 heavy (non-hydrogen) atoms. The Kier molecular flexibility index (Phi) is 8.96. The fraction of sp³-hybridized carbons (Fsp3) is 0.778. The Labute approximate surface area is 183 Å². The zero-order valence-corrected chi connectivity index (χ0v) is 20.1. The minimum Gasteiger partial charge on any atom is -0.354 e. The van der Waals surface area contributed by atoms with Crippen molar-refractivity contribution in [2.45, 2.75) is 44.7 Å². The molecule has 0 atom stereocenters. The maximum absolute atomic E-state index is 4.58. The lowest BCUT2D eigenvalue weighted by atomic mass is 9.94. The SMILES string of the molecule is CN=C(NCC1(N2CCSCC2)CCCC1)N(C)Cc1csc(C)n1.I. The summed E-state index contributed by atoms with van der Waals surface area (Å²) in [5.41, 5.74) is 1.45. The van der Waals surface area contributed by atoms with Gasteiger partial charge in [-0.3, -0.25) is 9.89 Å². The highest BCUT2D eigenvalue weighted by molar-refractivity contribution is 14.0. The third kappa shape index (κ3) is 5.48. The van der Waals surface area contributed by atoms with Gasteiger partial charge in [0.05, 0.1) is 17.2 Å². The molecule has 1 aromatic rings. The van der Waals surface area contributed by atoms with Crippen LogP contribution in [0.15, 0.2) is 10.4 Å². The van der Waals surface area contributed by atoms with Crippen LogP contribution in [-0.4, -0.2) is 71.5 Å². The molecular weight excluding hydrogens is 477 g/mol. The molecule has 0 spiro atoms. The van der Waals surface area contributed by atoms with E-state index in [1.807, 2.05) is 7.05 Å². The highest BCUT2D eigenvalue weighted by Gasteiger charge is 2.40. The van der Waals surface area contributed by atoms with E-state index in [0.29, 0.717) is 5.54 Å². The van der Waals surface area contributed by atoms with Gasteiger partial charge in [-0.25, -0.2) is 4.98 Å². The molecule has 148 valence electrons. The normalized spacial score (nSPS) is 20.7. The lowest BCUT2D eigenvalue weighted by Gasteiger charge is -2.44. The van der Waals surface area contributed by atoms with Gasteiger partial charge in [0.15, 0.2) is 5.96 Å². The quantitative estimate of drug-likeness (QED) is 0.375. The second-order valence-electron chi connectivity index (χ2n) is 7.15. The standard InChI is InChI=1S/C18H31N5S2.HI/c1-15-21-16(13-25-15)12-22(3)17(19-2)20-14-18(6-4-5-7-18)23-8-10-24-11-9-23;/h13H,4-12,14H2,1-3H3,(H,19,20);1H. The molecular formula is C18H32IN5S2. The van der Waals surface area contributed by atoms with Gasteiger partial charge in [-0.1, -0.05) is 12.8 Å². The number of nitrogens with zero attached hydrogens (tertiary/aromatic N) is 4.